The fourth-order valence-corrected chi connectivity index (χ4v) is 4.71. The number of pyridine rings is 1. The number of nitrogens with one attached hydrogen (secondary N) is 1. The van der Waals surface area contributed by atoms with Gasteiger partial charge in [-0.3, -0.25) is 0 Å². The summed E-state index contributed by atoms with van der Waals surface area (Å²) in [6, 6.07) is 6.37. The molecule has 0 fully saturated rings. The third-order valence-electron chi connectivity index (χ3n) is 4.61. The van der Waals surface area contributed by atoms with Crippen molar-refractivity contribution in [1.82, 2.24) is 4.98 Å². The topological polar surface area (TPSA) is 91.4 Å². The fourth-order valence-electron chi connectivity index (χ4n) is 2.94. The Hall–Kier alpha value is -1.92. The number of rotatable bonds is 5. The van der Waals surface area contributed by atoms with E-state index in [1.165, 1.54) is 17.7 Å². The average Bonchev–Trinajstić information content (AvgIpc) is 3.50. The van der Waals surface area contributed by atoms with Crippen LogP contribution in [0.1, 0.15) is 50.0 Å². The summed E-state index contributed by atoms with van der Waals surface area (Å²) in [5.41, 5.74) is 8.06. The summed E-state index contributed by atoms with van der Waals surface area (Å²) in [7, 11) is 0. The Bertz CT molecular complexity index is 1050. The van der Waals surface area contributed by atoms with E-state index in [9.17, 15) is 5.11 Å². The van der Waals surface area contributed by atoms with Crippen LogP contribution in [0.2, 0.25) is 5.15 Å². The highest BCUT2D eigenvalue weighted by Crippen LogP contribution is 2.33. The molecule has 3 heterocycles. The smallest absolute Gasteiger partial charge is 0.131 e. The minimum atomic E-state index is -0.818. The van der Waals surface area contributed by atoms with Crippen molar-refractivity contribution in [2.45, 2.75) is 58.2 Å². The van der Waals surface area contributed by atoms with Crippen molar-refractivity contribution in [3.63, 3.8) is 0 Å². The molecule has 0 aromatic carbocycles. The quantitative estimate of drug-likeness (QED) is 0.200. The number of aliphatic hydroxyl groups excluding tert-OH is 2. The molecule has 178 valence electrons. The predicted octanol–water partition coefficient (Wildman–Crippen LogP) is 5.80. The van der Waals surface area contributed by atoms with Gasteiger partial charge in [0.25, 0.3) is 0 Å². The summed E-state index contributed by atoms with van der Waals surface area (Å²) in [5.74, 6) is 5.87. The van der Waals surface area contributed by atoms with Crippen LogP contribution in [-0.2, 0) is 6.54 Å². The molecule has 1 aliphatic rings. The largest absolute Gasteiger partial charge is 0.394 e. The number of aromatic nitrogens is 1. The molecule has 4 rings (SSSR count). The van der Waals surface area contributed by atoms with Crippen LogP contribution < -0.4 is 11.1 Å². The molecule has 0 aliphatic heterocycles. The van der Waals surface area contributed by atoms with Crippen molar-refractivity contribution >= 4 is 50.2 Å². The molecule has 0 radical (unpaired) electrons. The maximum Gasteiger partial charge on any atom is 0.131 e. The van der Waals surface area contributed by atoms with Gasteiger partial charge in [-0.25, -0.2) is 4.98 Å². The number of nitrogens with zero attached hydrogens (tertiary/aromatic N) is 1. The van der Waals surface area contributed by atoms with Crippen LogP contribution in [0.3, 0.4) is 0 Å². The average molecular weight is 506 g/mol. The highest BCUT2D eigenvalue weighted by Gasteiger charge is 2.11. The van der Waals surface area contributed by atoms with Gasteiger partial charge in [-0.15, -0.1) is 22.7 Å². The van der Waals surface area contributed by atoms with Crippen LogP contribution in [-0.4, -0.2) is 33.9 Å². The summed E-state index contributed by atoms with van der Waals surface area (Å²) in [6.45, 7) is 4.44. The van der Waals surface area contributed by atoms with E-state index in [2.05, 4.69) is 40.4 Å². The molecule has 3 aromatic heterocycles. The van der Waals surface area contributed by atoms with E-state index >= 15 is 0 Å². The third kappa shape index (κ3) is 9.09. The van der Waals surface area contributed by atoms with Gasteiger partial charge in [-0.05, 0) is 30.7 Å². The Morgan fingerprint density at radius 1 is 1.33 bits per heavy atom. The minimum absolute atomic E-state index is 0.220. The Morgan fingerprint density at radius 2 is 2.15 bits per heavy atom. The fraction of sp³-hybridized carbons (Fsp3) is 0.400. The summed E-state index contributed by atoms with van der Waals surface area (Å²) >= 11 is 9.41. The molecule has 5 N–H and O–H groups in total. The molecule has 3 aromatic rings. The van der Waals surface area contributed by atoms with Crippen molar-refractivity contribution in [3.05, 3.63) is 56.7 Å². The number of aliphatic hydroxyl groups is 2. The first-order chi connectivity index (χ1) is 16.1. The molecule has 8 heteroatoms. The van der Waals surface area contributed by atoms with Gasteiger partial charge >= 0.3 is 0 Å². The van der Waals surface area contributed by atoms with E-state index in [1.54, 1.807) is 22.7 Å². The van der Waals surface area contributed by atoms with Crippen LogP contribution in [0.25, 0.3) is 10.2 Å². The molecule has 2 atom stereocenters. The summed E-state index contributed by atoms with van der Waals surface area (Å²) in [4.78, 5) is 5.62. The van der Waals surface area contributed by atoms with E-state index in [1.807, 2.05) is 36.7 Å². The Kier molecular flexibility index (Phi) is 12.5. The zero-order valence-electron chi connectivity index (χ0n) is 19.1. The maximum absolute atomic E-state index is 9.35. The van der Waals surface area contributed by atoms with Crippen LogP contribution in [0, 0.1) is 11.8 Å². The van der Waals surface area contributed by atoms with Gasteiger partial charge in [-0.1, -0.05) is 55.5 Å². The Morgan fingerprint density at radius 3 is 2.76 bits per heavy atom. The standard InChI is InChI=1S/C17H15ClN2O2S2.C6H11N.C2H6/c18-15-7-14(19-8-13-5-2-6-23-13)17-16(20-15)11(10-24-17)3-1-4-12(22)9-21;7-6-4-2-1-3-5-6;1-2/h2,5-7,10,12,21-22H,4,8-9H2,(H,19,20);1-2,6H,3-5,7H2;1-2H3. The summed E-state index contributed by atoms with van der Waals surface area (Å²) in [5, 5.41) is 26.0. The van der Waals surface area contributed by atoms with E-state index in [-0.39, 0.29) is 13.0 Å². The van der Waals surface area contributed by atoms with Crippen LogP contribution in [0.4, 0.5) is 5.69 Å². The molecule has 33 heavy (non-hydrogen) atoms. The molecule has 0 saturated heterocycles. The van der Waals surface area contributed by atoms with Crippen molar-refractivity contribution in [3.8, 4) is 11.8 Å². The van der Waals surface area contributed by atoms with Gasteiger partial charge in [0, 0.05) is 35.3 Å². The Labute approximate surface area is 209 Å². The number of nitrogens with two attached hydrogens (primary N) is 1. The molecule has 5 nitrogen and oxygen atoms in total. The highest BCUT2D eigenvalue weighted by molar-refractivity contribution is 7.18. The first kappa shape index (κ1) is 27.3. The number of fused-ring (bicyclic) bond motifs is 1. The molecule has 0 saturated carbocycles. The second kappa shape index (κ2) is 15.1. The number of anilines is 1. The number of hydrogen-bond acceptors (Lipinski definition) is 7. The van der Waals surface area contributed by atoms with E-state index in [4.69, 9.17) is 22.4 Å². The maximum atomic E-state index is 9.35. The van der Waals surface area contributed by atoms with Gasteiger partial charge < -0.3 is 21.3 Å². The van der Waals surface area contributed by atoms with Crippen LogP contribution in [0.5, 0.6) is 0 Å². The predicted molar refractivity (Wildman–Crippen MR) is 143 cm³/mol. The third-order valence-corrected chi connectivity index (χ3v) is 6.68. The molecule has 0 bridgehead atoms. The monoisotopic (exact) mass is 505 g/mol. The first-order valence-electron chi connectivity index (χ1n) is 11.1. The van der Waals surface area contributed by atoms with Crippen molar-refractivity contribution < 1.29 is 10.2 Å². The molecule has 1 aliphatic carbocycles. The zero-order valence-corrected chi connectivity index (χ0v) is 21.4. The zero-order chi connectivity index (χ0) is 24.1. The number of halogens is 1. The summed E-state index contributed by atoms with van der Waals surface area (Å²) < 4.78 is 1.00. The van der Waals surface area contributed by atoms with Gasteiger partial charge in [0.15, 0.2) is 0 Å². The summed E-state index contributed by atoms with van der Waals surface area (Å²) in [6.07, 6.45) is 7.20. The molecule has 0 amide bonds. The first-order valence-corrected chi connectivity index (χ1v) is 13.2. The second-order valence-corrected chi connectivity index (χ2v) is 9.44. The van der Waals surface area contributed by atoms with Gasteiger partial charge in [0.1, 0.15) is 10.7 Å². The SMILES string of the molecule is CC.NC1CC=CCC1.OCC(O)CC#Cc1csc2c(NCc3cccs3)cc(Cl)nc12. The van der Waals surface area contributed by atoms with E-state index in [0.717, 1.165) is 34.4 Å². The number of allylic oxidation sites excluding steroid dienone is 1. The van der Waals surface area contributed by atoms with Gasteiger partial charge in [0.2, 0.25) is 0 Å². The van der Waals surface area contributed by atoms with Crippen molar-refractivity contribution in [2.75, 3.05) is 11.9 Å². The van der Waals surface area contributed by atoms with Crippen LogP contribution in [0.15, 0.2) is 41.1 Å². The highest BCUT2D eigenvalue weighted by atomic mass is 35.5. The minimum Gasteiger partial charge on any atom is -0.394 e. The van der Waals surface area contributed by atoms with Gasteiger partial charge in [0.05, 0.1) is 28.7 Å². The molecular weight excluding hydrogens is 474 g/mol. The van der Waals surface area contributed by atoms with Gasteiger partial charge in [-0.2, -0.15) is 0 Å². The molecular formula is C25H32ClN3O2S2. The molecule has 0 spiro atoms. The lowest BCUT2D eigenvalue weighted by atomic mass is 10.0. The van der Waals surface area contributed by atoms with Crippen molar-refractivity contribution in [2.24, 2.45) is 5.73 Å². The Balaban J connectivity index is 0.000000362. The molecule has 2 unspecified atom stereocenters. The normalized spacial score (nSPS) is 15.4. The second-order valence-electron chi connectivity index (χ2n) is 7.14. The van der Waals surface area contributed by atoms with Crippen LogP contribution >= 0.6 is 34.3 Å². The van der Waals surface area contributed by atoms with Crippen molar-refractivity contribution in [1.29, 1.82) is 0 Å². The lowest BCUT2D eigenvalue weighted by Gasteiger charge is -2.09. The lowest BCUT2D eigenvalue weighted by Crippen LogP contribution is -2.19. The van der Waals surface area contributed by atoms with E-state index < -0.39 is 6.10 Å². The number of thiophene rings is 2. The van der Waals surface area contributed by atoms with E-state index in [0.29, 0.717) is 11.2 Å². The lowest BCUT2D eigenvalue weighted by molar-refractivity contribution is 0.0992. The number of hydrogen-bond donors (Lipinski definition) is 4.